The van der Waals surface area contributed by atoms with Gasteiger partial charge in [-0.25, -0.2) is 9.48 Å². The first-order valence-electron chi connectivity index (χ1n) is 8.98. The molecule has 2 heterocycles. The van der Waals surface area contributed by atoms with Crippen LogP contribution in [0, 0.1) is 11.3 Å². The molecule has 7 heteroatoms. The van der Waals surface area contributed by atoms with Crippen LogP contribution in [0.15, 0.2) is 18.3 Å². The lowest BCUT2D eigenvalue weighted by Crippen LogP contribution is -2.27. The Bertz CT molecular complexity index is 917. The van der Waals surface area contributed by atoms with Crippen molar-refractivity contribution in [3.63, 3.8) is 0 Å². The summed E-state index contributed by atoms with van der Waals surface area (Å²) in [5.74, 6) is 0.928. The van der Waals surface area contributed by atoms with Crippen molar-refractivity contribution in [2.45, 2.75) is 52.6 Å². The number of nitrogens with zero attached hydrogens (tertiary/aromatic N) is 3. The number of nitrogens with one attached hydrogen (secondary N) is 1. The Morgan fingerprint density at radius 1 is 1.44 bits per heavy atom. The van der Waals surface area contributed by atoms with E-state index in [2.05, 4.69) is 30.3 Å². The van der Waals surface area contributed by atoms with E-state index in [4.69, 9.17) is 9.47 Å². The van der Waals surface area contributed by atoms with Crippen LogP contribution in [0.4, 0.5) is 10.5 Å². The predicted molar refractivity (Wildman–Crippen MR) is 101 cm³/mol. The van der Waals surface area contributed by atoms with Crippen molar-refractivity contribution < 1.29 is 14.3 Å². The zero-order valence-electron chi connectivity index (χ0n) is 16.3. The van der Waals surface area contributed by atoms with Crippen LogP contribution >= 0.6 is 0 Å². The molecule has 1 aliphatic rings. The van der Waals surface area contributed by atoms with Gasteiger partial charge in [0.25, 0.3) is 0 Å². The van der Waals surface area contributed by atoms with Gasteiger partial charge in [-0.1, -0.05) is 13.8 Å². The monoisotopic (exact) mass is 368 g/mol. The SMILES string of the molecule is CC(C)c1ccn(-c2cc(NC(=O)OC(C)(C)C)c(C#N)c3c2OCC3)n1. The topological polar surface area (TPSA) is 89.2 Å². The number of carbonyl (C=O) groups excluding carboxylic acids is 1. The average Bonchev–Trinajstić information content (AvgIpc) is 3.21. The second-order valence-corrected chi connectivity index (χ2v) is 7.80. The van der Waals surface area contributed by atoms with E-state index in [-0.39, 0.29) is 5.92 Å². The third-order valence-corrected chi connectivity index (χ3v) is 4.15. The summed E-state index contributed by atoms with van der Waals surface area (Å²) in [6.07, 6.45) is 1.86. The summed E-state index contributed by atoms with van der Waals surface area (Å²) in [6.45, 7) is 10.00. The van der Waals surface area contributed by atoms with Gasteiger partial charge < -0.3 is 9.47 Å². The highest BCUT2D eigenvalue weighted by molar-refractivity contribution is 5.89. The minimum Gasteiger partial charge on any atom is -0.491 e. The van der Waals surface area contributed by atoms with Crippen LogP contribution in [0.25, 0.3) is 5.69 Å². The van der Waals surface area contributed by atoms with E-state index < -0.39 is 11.7 Å². The number of nitriles is 1. The number of rotatable bonds is 3. The molecule has 1 aromatic carbocycles. The van der Waals surface area contributed by atoms with E-state index in [9.17, 15) is 10.1 Å². The lowest BCUT2D eigenvalue weighted by atomic mass is 10.0. The Morgan fingerprint density at radius 2 is 2.19 bits per heavy atom. The minimum absolute atomic E-state index is 0.290. The Kier molecular flexibility index (Phi) is 4.83. The highest BCUT2D eigenvalue weighted by Crippen LogP contribution is 2.39. The molecule has 0 saturated heterocycles. The van der Waals surface area contributed by atoms with E-state index in [1.165, 1.54) is 0 Å². The first-order valence-corrected chi connectivity index (χ1v) is 8.98. The highest BCUT2D eigenvalue weighted by Gasteiger charge is 2.27. The molecule has 0 fully saturated rings. The number of hydrogen-bond acceptors (Lipinski definition) is 5. The van der Waals surface area contributed by atoms with Crippen molar-refractivity contribution in [3.8, 4) is 17.5 Å². The Hall–Kier alpha value is -3.01. The van der Waals surface area contributed by atoms with E-state index in [1.54, 1.807) is 31.5 Å². The molecule has 0 bridgehead atoms. The number of fused-ring (bicyclic) bond motifs is 1. The van der Waals surface area contributed by atoms with Crippen LogP contribution in [0.1, 0.15) is 57.4 Å². The molecule has 1 amide bonds. The van der Waals surface area contributed by atoms with Gasteiger partial charge in [0.1, 0.15) is 23.1 Å². The Morgan fingerprint density at radius 3 is 2.78 bits per heavy atom. The van der Waals surface area contributed by atoms with Crippen molar-refractivity contribution in [1.82, 2.24) is 9.78 Å². The van der Waals surface area contributed by atoms with Crippen molar-refractivity contribution >= 4 is 11.8 Å². The first kappa shape index (κ1) is 18.8. The molecule has 0 radical (unpaired) electrons. The summed E-state index contributed by atoms with van der Waals surface area (Å²) in [5.41, 5.74) is 2.59. The van der Waals surface area contributed by atoms with Gasteiger partial charge >= 0.3 is 6.09 Å². The molecule has 1 N–H and O–H groups in total. The number of ether oxygens (including phenoxy) is 2. The van der Waals surface area contributed by atoms with Crippen molar-refractivity contribution in [2.24, 2.45) is 0 Å². The second kappa shape index (κ2) is 6.95. The van der Waals surface area contributed by atoms with E-state index in [0.29, 0.717) is 35.7 Å². The second-order valence-electron chi connectivity index (χ2n) is 7.80. The molecule has 142 valence electrons. The fraction of sp³-hybridized carbons (Fsp3) is 0.450. The quantitative estimate of drug-likeness (QED) is 0.879. The molecule has 1 aliphatic heterocycles. The molecule has 2 aromatic rings. The Balaban J connectivity index is 2.06. The number of benzene rings is 1. The summed E-state index contributed by atoms with van der Waals surface area (Å²) in [5, 5.41) is 17.0. The number of amides is 1. The van der Waals surface area contributed by atoms with E-state index in [1.807, 2.05) is 12.3 Å². The molecule has 1 aromatic heterocycles. The largest absolute Gasteiger partial charge is 0.491 e. The van der Waals surface area contributed by atoms with Gasteiger partial charge in [-0.15, -0.1) is 0 Å². The van der Waals surface area contributed by atoms with Gasteiger partial charge in [0.15, 0.2) is 0 Å². The summed E-state index contributed by atoms with van der Waals surface area (Å²) < 4.78 is 12.8. The van der Waals surface area contributed by atoms with Crippen LogP contribution in [-0.4, -0.2) is 28.1 Å². The smallest absolute Gasteiger partial charge is 0.412 e. The van der Waals surface area contributed by atoms with Crippen LogP contribution in [0.2, 0.25) is 0 Å². The number of anilines is 1. The molecule has 0 atom stereocenters. The molecule has 0 aliphatic carbocycles. The molecule has 7 nitrogen and oxygen atoms in total. The van der Waals surface area contributed by atoms with Gasteiger partial charge in [-0.2, -0.15) is 10.4 Å². The highest BCUT2D eigenvalue weighted by atomic mass is 16.6. The summed E-state index contributed by atoms with van der Waals surface area (Å²) >= 11 is 0. The maximum atomic E-state index is 12.2. The standard InChI is InChI=1S/C20H24N4O3/c1-12(2)15-6-8-24(23-15)17-10-16(22-19(25)27-20(3,4)5)14(11-21)13-7-9-26-18(13)17/h6,8,10,12H,7,9H2,1-5H3,(H,22,25). The van der Waals surface area contributed by atoms with Gasteiger partial charge in [0.05, 0.1) is 23.6 Å². The normalized spacial score (nSPS) is 13.1. The zero-order chi connectivity index (χ0) is 19.8. The third kappa shape index (κ3) is 3.90. The predicted octanol–water partition coefficient (Wildman–Crippen LogP) is 4.15. The first-order chi connectivity index (χ1) is 12.7. The molecular formula is C20H24N4O3. The van der Waals surface area contributed by atoms with E-state index in [0.717, 1.165) is 11.3 Å². The summed E-state index contributed by atoms with van der Waals surface area (Å²) in [4.78, 5) is 12.2. The fourth-order valence-electron chi connectivity index (χ4n) is 2.95. The molecular weight excluding hydrogens is 344 g/mol. The molecule has 0 unspecified atom stereocenters. The van der Waals surface area contributed by atoms with Gasteiger partial charge in [-0.3, -0.25) is 5.32 Å². The molecule has 3 rings (SSSR count). The van der Waals surface area contributed by atoms with Crippen molar-refractivity contribution in [2.75, 3.05) is 11.9 Å². The van der Waals surface area contributed by atoms with Gasteiger partial charge in [-0.05, 0) is 38.8 Å². The van der Waals surface area contributed by atoms with Crippen LogP contribution in [0.3, 0.4) is 0 Å². The lowest BCUT2D eigenvalue weighted by Gasteiger charge is -2.20. The Labute approximate surface area is 158 Å². The number of carbonyl (C=O) groups is 1. The third-order valence-electron chi connectivity index (χ3n) is 4.15. The number of aromatic nitrogens is 2. The van der Waals surface area contributed by atoms with Crippen LogP contribution in [-0.2, 0) is 11.2 Å². The average molecular weight is 368 g/mol. The van der Waals surface area contributed by atoms with Crippen molar-refractivity contribution in [1.29, 1.82) is 5.26 Å². The number of hydrogen-bond donors (Lipinski definition) is 1. The maximum Gasteiger partial charge on any atom is 0.412 e. The molecule has 27 heavy (non-hydrogen) atoms. The summed E-state index contributed by atoms with van der Waals surface area (Å²) in [7, 11) is 0. The zero-order valence-corrected chi connectivity index (χ0v) is 16.3. The van der Waals surface area contributed by atoms with Crippen LogP contribution < -0.4 is 10.1 Å². The molecule has 0 spiro atoms. The van der Waals surface area contributed by atoms with Gasteiger partial charge in [0, 0.05) is 18.2 Å². The summed E-state index contributed by atoms with van der Waals surface area (Å²) in [6, 6.07) is 5.85. The van der Waals surface area contributed by atoms with Gasteiger partial charge in [0.2, 0.25) is 0 Å². The maximum absolute atomic E-state index is 12.2. The fourth-order valence-corrected chi connectivity index (χ4v) is 2.95. The van der Waals surface area contributed by atoms with Crippen molar-refractivity contribution in [3.05, 3.63) is 35.2 Å². The van der Waals surface area contributed by atoms with E-state index >= 15 is 0 Å². The molecule has 0 saturated carbocycles. The lowest BCUT2D eigenvalue weighted by molar-refractivity contribution is 0.0636. The minimum atomic E-state index is -0.631. The van der Waals surface area contributed by atoms with Crippen LogP contribution in [0.5, 0.6) is 5.75 Å².